The van der Waals surface area contributed by atoms with Gasteiger partial charge in [0.05, 0.1) is 11.0 Å². The van der Waals surface area contributed by atoms with Crippen LogP contribution in [-0.4, -0.2) is 14.5 Å². The molecule has 2 heterocycles. The molecule has 0 amide bonds. The molecule has 0 aliphatic rings. The number of H-pyrrole nitrogens is 2. The molecule has 0 fully saturated rings. The number of nitrogens with one attached hydrogen (secondary N) is 3. The fourth-order valence-corrected chi connectivity index (χ4v) is 3.90. The summed E-state index contributed by atoms with van der Waals surface area (Å²) in [4.78, 5) is 17.0. The molecule has 0 aliphatic heterocycles. The van der Waals surface area contributed by atoms with Crippen molar-refractivity contribution < 1.29 is 0 Å². The van der Waals surface area contributed by atoms with Gasteiger partial charge in [-0.2, -0.15) is 0 Å². The number of imidazole rings is 1. The van der Waals surface area contributed by atoms with Gasteiger partial charge in [0.1, 0.15) is 0 Å². The molecule has 0 bridgehead atoms. The normalized spacial score (nSPS) is 11.6. The van der Waals surface area contributed by atoms with E-state index in [0.29, 0.717) is 0 Å². The molecule has 0 saturated carbocycles. The number of anilines is 1. The largest absolute Gasteiger partial charge is 0.381 e. The van der Waals surface area contributed by atoms with Gasteiger partial charge >= 0.3 is 5.69 Å². The van der Waals surface area contributed by atoms with E-state index in [1.807, 2.05) is 18.2 Å². The summed E-state index contributed by atoms with van der Waals surface area (Å²) in [5.41, 5.74) is 6.21. The highest BCUT2D eigenvalue weighted by Gasteiger charge is 2.09. The van der Waals surface area contributed by atoms with Gasteiger partial charge in [-0.05, 0) is 48.9 Å². The zero-order valence-corrected chi connectivity index (χ0v) is 15.0. The third-order valence-electron chi connectivity index (χ3n) is 5.17. The Morgan fingerprint density at radius 1 is 0.889 bits per heavy atom. The van der Waals surface area contributed by atoms with E-state index >= 15 is 0 Å². The van der Waals surface area contributed by atoms with Gasteiger partial charge in [0.25, 0.3) is 0 Å². The molecule has 5 aromatic rings. The van der Waals surface area contributed by atoms with Crippen molar-refractivity contribution in [2.75, 3.05) is 5.32 Å². The molecule has 5 nitrogen and oxygen atoms in total. The number of nitrogens with zero attached hydrogens (tertiary/aromatic N) is 1. The van der Waals surface area contributed by atoms with Crippen molar-refractivity contribution in [1.82, 2.24) is 14.5 Å². The molecular formula is C22H20N4O. The highest BCUT2D eigenvalue weighted by atomic mass is 16.1. The van der Waals surface area contributed by atoms with Gasteiger partial charge in [-0.1, -0.05) is 24.3 Å². The van der Waals surface area contributed by atoms with E-state index in [4.69, 9.17) is 0 Å². The topological polar surface area (TPSA) is 65.6 Å². The van der Waals surface area contributed by atoms with Crippen LogP contribution in [0.15, 0.2) is 65.5 Å². The molecule has 0 radical (unpaired) electrons. The molecule has 2 aromatic heterocycles. The minimum absolute atomic E-state index is 0.181. The number of fused-ring (bicyclic) bond motifs is 4. The number of hydrogen-bond donors (Lipinski definition) is 3. The monoisotopic (exact) mass is 356 g/mol. The van der Waals surface area contributed by atoms with Gasteiger partial charge in [-0.25, -0.2) is 4.79 Å². The highest BCUT2D eigenvalue weighted by molar-refractivity contribution is 6.08. The number of aromatic nitrogens is 3. The van der Waals surface area contributed by atoms with E-state index in [1.165, 1.54) is 27.4 Å². The minimum Gasteiger partial charge on any atom is -0.381 e. The molecule has 0 atom stereocenters. The number of para-hydroxylation sites is 1. The van der Waals surface area contributed by atoms with Crippen LogP contribution in [0.2, 0.25) is 0 Å². The van der Waals surface area contributed by atoms with Gasteiger partial charge in [-0.15, -0.1) is 0 Å². The van der Waals surface area contributed by atoms with Crippen molar-refractivity contribution in [1.29, 1.82) is 0 Å². The Balaban J connectivity index is 1.49. The zero-order chi connectivity index (χ0) is 18.4. The smallest absolute Gasteiger partial charge is 0.323 e. The van der Waals surface area contributed by atoms with Crippen molar-refractivity contribution in [2.45, 2.75) is 20.0 Å². The van der Waals surface area contributed by atoms with Crippen LogP contribution in [0, 0.1) is 0 Å². The summed E-state index contributed by atoms with van der Waals surface area (Å²) in [7, 11) is 0. The molecule has 27 heavy (non-hydrogen) atoms. The molecule has 0 spiro atoms. The Labute approximate surface area is 155 Å². The minimum atomic E-state index is -0.181. The molecule has 5 heteroatoms. The first-order valence-corrected chi connectivity index (χ1v) is 9.19. The number of rotatable bonds is 4. The van der Waals surface area contributed by atoms with E-state index in [2.05, 4.69) is 69.2 Å². The standard InChI is InChI=1S/C22H20N4O/c1-2-26-20-6-4-3-5-16(20)17-11-14(7-10-21(17)26)13-23-15-8-9-18-19(12-15)25-22(27)24-18/h3-12,23H,2,13H2,1H3,(H2,24,25,27). The van der Waals surface area contributed by atoms with Crippen LogP contribution in [0.5, 0.6) is 0 Å². The van der Waals surface area contributed by atoms with Gasteiger partial charge in [0, 0.05) is 40.6 Å². The van der Waals surface area contributed by atoms with Crippen molar-refractivity contribution in [2.24, 2.45) is 0 Å². The predicted octanol–water partition coefficient (Wildman–Crippen LogP) is 4.60. The third kappa shape index (κ3) is 2.59. The molecule has 0 aliphatic carbocycles. The Hall–Kier alpha value is -3.47. The van der Waals surface area contributed by atoms with E-state index in [1.54, 1.807) is 0 Å². The Kier molecular flexibility index (Phi) is 3.53. The summed E-state index contributed by atoms with van der Waals surface area (Å²) in [6.07, 6.45) is 0. The number of aryl methyl sites for hydroxylation is 1. The maximum atomic E-state index is 11.4. The highest BCUT2D eigenvalue weighted by Crippen LogP contribution is 2.30. The molecule has 134 valence electrons. The molecule has 0 saturated heterocycles. The van der Waals surface area contributed by atoms with Gasteiger partial charge < -0.3 is 19.9 Å². The van der Waals surface area contributed by atoms with Crippen LogP contribution in [0.4, 0.5) is 5.69 Å². The van der Waals surface area contributed by atoms with Gasteiger partial charge in [0.15, 0.2) is 0 Å². The predicted molar refractivity (Wildman–Crippen MR) is 111 cm³/mol. The lowest BCUT2D eigenvalue weighted by Crippen LogP contribution is -2.00. The summed E-state index contributed by atoms with van der Waals surface area (Å²) in [6, 6.07) is 21.1. The number of benzene rings is 3. The zero-order valence-electron chi connectivity index (χ0n) is 15.0. The SMILES string of the molecule is CCn1c2ccccc2c2cc(CNc3ccc4[nH]c(=O)[nH]c4c3)ccc21. The maximum Gasteiger partial charge on any atom is 0.323 e. The Morgan fingerprint density at radius 3 is 2.59 bits per heavy atom. The van der Waals surface area contributed by atoms with Crippen LogP contribution in [0.25, 0.3) is 32.8 Å². The first kappa shape index (κ1) is 15.8. The Bertz CT molecular complexity index is 1340. The summed E-state index contributed by atoms with van der Waals surface area (Å²) in [6.45, 7) is 3.86. The first-order valence-electron chi connectivity index (χ1n) is 9.19. The van der Waals surface area contributed by atoms with Crippen molar-refractivity contribution in [3.8, 4) is 0 Å². The lowest BCUT2D eigenvalue weighted by Gasteiger charge is -2.08. The van der Waals surface area contributed by atoms with Crippen LogP contribution < -0.4 is 11.0 Å². The fourth-order valence-electron chi connectivity index (χ4n) is 3.90. The Morgan fingerprint density at radius 2 is 1.70 bits per heavy atom. The van der Waals surface area contributed by atoms with Gasteiger partial charge in [0.2, 0.25) is 0 Å². The van der Waals surface area contributed by atoms with E-state index in [9.17, 15) is 4.79 Å². The molecule has 3 N–H and O–H groups in total. The van der Waals surface area contributed by atoms with E-state index in [0.717, 1.165) is 29.8 Å². The second-order valence-corrected chi connectivity index (χ2v) is 6.81. The van der Waals surface area contributed by atoms with Crippen molar-refractivity contribution in [3.63, 3.8) is 0 Å². The summed E-state index contributed by atoms with van der Waals surface area (Å²) >= 11 is 0. The lowest BCUT2D eigenvalue weighted by atomic mass is 10.1. The van der Waals surface area contributed by atoms with Gasteiger partial charge in [-0.3, -0.25) is 0 Å². The van der Waals surface area contributed by atoms with Crippen molar-refractivity contribution in [3.05, 3.63) is 76.7 Å². The maximum absolute atomic E-state index is 11.4. The van der Waals surface area contributed by atoms with E-state index in [-0.39, 0.29) is 5.69 Å². The molecule has 5 rings (SSSR count). The van der Waals surface area contributed by atoms with Crippen LogP contribution >= 0.6 is 0 Å². The van der Waals surface area contributed by atoms with Crippen LogP contribution in [-0.2, 0) is 13.1 Å². The molecule has 0 unspecified atom stereocenters. The average molecular weight is 356 g/mol. The average Bonchev–Trinajstić information content (AvgIpc) is 3.22. The second kappa shape index (κ2) is 6.06. The number of hydrogen-bond acceptors (Lipinski definition) is 2. The summed E-state index contributed by atoms with van der Waals surface area (Å²) < 4.78 is 2.36. The third-order valence-corrected chi connectivity index (χ3v) is 5.17. The van der Waals surface area contributed by atoms with Crippen molar-refractivity contribution >= 4 is 38.5 Å². The molecule has 3 aromatic carbocycles. The second-order valence-electron chi connectivity index (χ2n) is 6.81. The number of aromatic amines is 2. The molecular weight excluding hydrogens is 336 g/mol. The fraction of sp³-hybridized carbons (Fsp3) is 0.136. The van der Waals surface area contributed by atoms with E-state index < -0.39 is 0 Å². The lowest BCUT2D eigenvalue weighted by molar-refractivity contribution is 0.827. The first-order chi connectivity index (χ1) is 13.2. The summed E-state index contributed by atoms with van der Waals surface area (Å²) in [5, 5.41) is 6.04. The van der Waals surface area contributed by atoms with Crippen LogP contribution in [0.1, 0.15) is 12.5 Å². The summed E-state index contributed by atoms with van der Waals surface area (Å²) in [5.74, 6) is 0. The van der Waals surface area contributed by atoms with Crippen LogP contribution in [0.3, 0.4) is 0 Å². The quantitative estimate of drug-likeness (QED) is 0.441.